The third-order valence-electron chi connectivity index (χ3n) is 4.23. The van der Waals surface area contributed by atoms with Gasteiger partial charge in [0, 0.05) is 38.3 Å². The van der Waals surface area contributed by atoms with Crippen molar-refractivity contribution in [1.29, 1.82) is 0 Å². The lowest BCUT2D eigenvalue weighted by atomic mass is 10.1. The monoisotopic (exact) mass is 350 g/mol. The van der Waals surface area contributed by atoms with Crippen LogP contribution >= 0.6 is 12.4 Å². The van der Waals surface area contributed by atoms with Gasteiger partial charge >= 0.3 is 0 Å². The topological polar surface area (TPSA) is 47.2 Å². The number of benzene rings is 2. The van der Waals surface area contributed by atoms with Crippen LogP contribution in [-0.2, 0) is 0 Å². The lowest BCUT2D eigenvalue weighted by Gasteiger charge is -2.32. The van der Waals surface area contributed by atoms with E-state index >= 15 is 0 Å². The number of para-hydroxylation sites is 1. The van der Waals surface area contributed by atoms with Gasteiger partial charge in [0.15, 0.2) is 0 Å². The van der Waals surface area contributed by atoms with Crippen molar-refractivity contribution in [3.05, 3.63) is 54.6 Å². The predicted octanol–water partition coefficient (Wildman–Crippen LogP) is 2.58. The fraction of sp³-hybridized carbons (Fsp3) is 0.368. The van der Waals surface area contributed by atoms with Gasteiger partial charge in [0.2, 0.25) is 0 Å². The molecule has 0 aliphatic carbocycles. The van der Waals surface area contributed by atoms with Crippen LogP contribution in [0.3, 0.4) is 0 Å². The maximum atomic E-state index is 6.07. The molecule has 0 saturated carbocycles. The summed E-state index contributed by atoms with van der Waals surface area (Å²) in [5, 5.41) is 0. The van der Waals surface area contributed by atoms with Crippen molar-refractivity contribution in [3.63, 3.8) is 0 Å². The van der Waals surface area contributed by atoms with Crippen molar-refractivity contribution >= 4 is 12.4 Å². The van der Waals surface area contributed by atoms with Crippen LogP contribution in [0.15, 0.2) is 54.6 Å². The van der Waals surface area contributed by atoms with E-state index in [0.29, 0.717) is 0 Å². The highest BCUT2D eigenvalue weighted by atomic mass is 35.5. The molecule has 2 aromatic carbocycles. The molecule has 0 aromatic heterocycles. The van der Waals surface area contributed by atoms with Gasteiger partial charge in [-0.3, -0.25) is 4.90 Å². The van der Waals surface area contributed by atoms with Crippen molar-refractivity contribution in [3.8, 4) is 16.9 Å². The Kier molecular flexibility index (Phi) is 8.79. The molecule has 1 fully saturated rings. The van der Waals surface area contributed by atoms with Crippen molar-refractivity contribution < 1.29 is 10.2 Å². The van der Waals surface area contributed by atoms with E-state index in [2.05, 4.69) is 59.3 Å². The van der Waals surface area contributed by atoms with Crippen molar-refractivity contribution in [2.75, 3.05) is 46.4 Å². The quantitative estimate of drug-likeness (QED) is 0.832. The zero-order valence-electron chi connectivity index (χ0n) is 14.1. The van der Waals surface area contributed by atoms with Gasteiger partial charge in [0.1, 0.15) is 12.4 Å². The predicted molar refractivity (Wildman–Crippen MR) is 102 cm³/mol. The van der Waals surface area contributed by atoms with E-state index < -0.39 is 0 Å². The number of halogens is 1. The van der Waals surface area contributed by atoms with Crippen molar-refractivity contribution in [2.45, 2.75) is 0 Å². The zero-order valence-corrected chi connectivity index (χ0v) is 15.0. The van der Waals surface area contributed by atoms with Crippen LogP contribution in [0.25, 0.3) is 11.1 Å². The van der Waals surface area contributed by atoms with E-state index in [1.54, 1.807) is 0 Å². The number of rotatable bonds is 5. The van der Waals surface area contributed by atoms with Gasteiger partial charge in [-0.1, -0.05) is 48.5 Å². The van der Waals surface area contributed by atoms with E-state index in [0.717, 1.165) is 45.1 Å². The molecule has 0 amide bonds. The average Bonchev–Trinajstić information content (AvgIpc) is 2.58. The molecule has 2 aromatic rings. The summed E-state index contributed by atoms with van der Waals surface area (Å²) in [5.74, 6) is 0.975. The van der Waals surface area contributed by atoms with Crippen LogP contribution in [0.4, 0.5) is 0 Å². The number of hydrogen-bond donors (Lipinski definition) is 0. The third-order valence-corrected chi connectivity index (χ3v) is 4.23. The number of likely N-dealkylation sites (N-methyl/N-ethyl adjacent to an activating group) is 1. The highest BCUT2D eigenvalue weighted by Crippen LogP contribution is 2.29. The molecule has 1 aliphatic rings. The van der Waals surface area contributed by atoms with E-state index in [1.165, 1.54) is 11.1 Å². The van der Waals surface area contributed by atoms with Gasteiger partial charge in [0.05, 0.1) is 0 Å². The Morgan fingerprint density at radius 1 is 0.875 bits per heavy atom. The second kappa shape index (κ2) is 10.3. The largest absolute Gasteiger partial charge is 0.492 e. The van der Waals surface area contributed by atoms with Crippen LogP contribution in [0.5, 0.6) is 5.75 Å². The van der Waals surface area contributed by atoms with E-state index in [-0.39, 0.29) is 17.9 Å². The Morgan fingerprint density at radius 2 is 1.50 bits per heavy atom. The van der Waals surface area contributed by atoms with Gasteiger partial charge in [0.25, 0.3) is 0 Å². The molecule has 0 bridgehead atoms. The Morgan fingerprint density at radius 3 is 2.21 bits per heavy atom. The average molecular weight is 351 g/mol. The second-order valence-electron chi connectivity index (χ2n) is 5.86. The minimum Gasteiger partial charge on any atom is -0.492 e. The first-order valence-electron chi connectivity index (χ1n) is 8.01. The van der Waals surface area contributed by atoms with Gasteiger partial charge in [-0.15, -0.1) is 12.4 Å². The SMILES string of the molecule is CN1CCN(CCOc2ccccc2-c2ccccc2)CC1.Cl.O. The molecule has 2 N–H and O–H groups in total. The number of hydrogen-bond acceptors (Lipinski definition) is 3. The molecular weight excluding hydrogens is 324 g/mol. The fourth-order valence-electron chi connectivity index (χ4n) is 2.80. The number of nitrogens with zero attached hydrogens (tertiary/aromatic N) is 2. The summed E-state index contributed by atoms with van der Waals surface area (Å²) < 4.78 is 6.07. The summed E-state index contributed by atoms with van der Waals surface area (Å²) in [6.07, 6.45) is 0. The lowest BCUT2D eigenvalue weighted by Crippen LogP contribution is -2.45. The van der Waals surface area contributed by atoms with Crippen LogP contribution in [0.2, 0.25) is 0 Å². The second-order valence-corrected chi connectivity index (χ2v) is 5.86. The standard InChI is InChI=1S/C19H24N2O.ClH.H2O/c1-20-11-13-21(14-12-20)15-16-22-19-10-6-5-9-18(19)17-7-3-2-4-8-17;;/h2-10H,11-16H2,1H3;1H;1H2. The van der Waals surface area contributed by atoms with Gasteiger partial charge in [-0.2, -0.15) is 0 Å². The first-order valence-corrected chi connectivity index (χ1v) is 8.01. The molecule has 5 heteroatoms. The molecule has 24 heavy (non-hydrogen) atoms. The summed E-state index contributed by atoms with van der Waals surface area (Å²) in [5.41, 5.74) is 2.37. The van der Waals surface area contributed by atoms with E-state index in [4.69, 9.17) is 4.74 Å². The molecular formula is C19H27ClN2O2. The van der Waals surface area contributed by atoms with Crippen LogP contribution in [0, 0.1) is 0 Å². The normalized spacial score (nSPS) is 15.2. The molecule has 1 saturated heterocycles. The summed E-state index contributed by atoms with van der Waals surface area (Å²) in [4.78, 5) is 4.85. The third kappa shape index (κ3) is 5.49. The molecule has 1 heterocycles. The Balaban J connectivity index is 0.00000144. The highest BCUT2D eigenvalue weighted by Gasteiger charge is 2.13. The summed E-state index contributed by atoms with van der Waals surface area (Å²) in [6.45, 7) is 6.33. The molecule has 0 unspecified atom stereocenters. The van der Waals surface area contributed by atoms with Gasteiger partial charge in [-0.05, 0) is 18.7 Å². The summed E-state index contributed by atoms with van der Waals surface area (Å²) in [6, 6.07) is 18.7. The van der Waals surface area contributed by atoms with Crippen LogP contribution in [-0.4, -0.2) is 61.7 Å². The zero-order chi connectivity index (χ0) is 15.2. The number of ether oxygens (including phenoxy) is 1. The van der Waals surface area contributed by atoms with Crippen LogP contribution < -0.4 is 4.74 Å². The van der Waals surface area contributed by atoms with Gasteiger partial charge < -0.3 is 15.1 Å². The van der Waals surface area contributed by atoms with Crippen molar-refractivity contribution in [1.82, 2.24) is 9.80 Å². The first-order chi connectivity index (χ1) is 10.8. The Hall–Kier alpha value is -1.59. The molecule has 1 aliphatic heterocycles. The minimum atomic E-state index is 0. The molecule has 4 nitrogen and oxygen atoms in total. The molecule has 0 spiro atoms. The smallest absolute Gasteiger partial charge is 0.127 e. The number of piperazine rings is 1. The maximum Gasteiger partial charge on any atom is 0.127 e. The van der Waals surface area contributed by atoms with Gasteiger partial charge in [-0.25, -0.2) is 0 Å². The minimum absolute atomic E-state index is 0. The Bertz CT molecular complexity index is 587. The summed E-state index contributed by atoms with van der Waals surface area (Å²) >= 11 is 0. The van der Waals surface area contributed by atoms with E-state index in [9.17, 15) is 0 Å². The molecule has 3 rings (SSSR count). The molecule has 0 atom stereocenters. The molecule has 0 radical (unpaired) electrons. The van der Waals surface area contributed by atoms with Crippen molar-refractivity contribution in [2.24, 2.45) is 0 Å². The van der Waals surface area contributed by atoms with Crippen LogP contribution in [0.1, 0.15) is 0 Å². The maximum absolute atomic E-state index is 6.07. The molecule has 132 valence electrons. The highest BCUT2D eigenvalue weighted by molar-refractivity contribution is 5.85. The fourth-order valence-corrected chi connectivity index (χ4v) is 2.80. The summed E-state index contributed by atoms with van der Waals surface area (Å²) in [7, 11) is 2.18. The Labute approximate surface area is 150 Å². The first kappa shape index (κ1) is 20.5. The van der Waals surface area contributed by atoms with E-state index in [1.807, 2.05) is 12.1 Å². The lowest BCUT2D eigenvalue weighted by molar-refractivity contribution is 0.134.